The minimum Gasteiger partial charge on any atom is -0.451 e. The quantitative estimate of drug-likeness (QED) is 0.154. The first kappa shape index (κ1) is 25.1. The van der Waals surface area contributed by atoms with Gasteiger partial charge in [-0.1, -0.05) is 51.2 Å². The van der Waals surface area contributed by atoms with E-state index in [-0.39, 0.29) is 5.97 Å². The highest BCUT2D eigenvalue weighted by atomic mass is 79.9. The van der Waals surface area contributed by atoms with Crippen LogP contribution < -0.4 is 5.90 Å². The van der Waals surface area contributed by atoms with Crippen LogP contribution in [-0.4, -0.2) is 28.2 Å². The summed E-state index contributed by atoms with van der Waals surface area (Å²) in [4.78, 5) is 25.5. The zero-order chi connectivity index (χ0) is 19.6. The summed E-state index contributed by atoms with van der Waals surface area (Å²) < 4.78 is 5.17. The average molecular weight is 436 g/mol. The predicted octanol–water partition coefficient (Wildman–Crippen LogP) is 4.92. The molecule has 7 heteroatoms. The van der Waals surface area contributed by atoms with Crippen molar-refractivity contribution in [2.75, 3.05) is 0 Å². The summed E-state index contributed by atoms with van der Waals surface area (Å²) in [6, 6.07) is 0. The molecule has 0 heterocycles. The highest BCUT2D eigenvalue weighted by Crippen LogP contribution is 2.16. The smallest absolute Gasteiger partial charge is 0.374 e. The van der Waals surface area contributed by atoms with Gasteiger partial charge in [0.1, 0.15) is 6.10 Å². The van der Waals surface area contributed by atoms with Crippen molar-refractivity contribution in [3.8, 4) is 0 Å². The van der Waals surface area contributed by atoms with Crippen molar-refractivity contribution >= 4 is 26.8 Å². The van der Waals surface area contributed by atoms with E-state index in [0.29, 0.717) is 19.3 Å². The molecule has 2 unspecified atom stereocenters. The maximum atomic E-state index is 11.1. The Labute approximate surface area is 165 Å². The van der Waals surface area contributed by atoms with Gasteiger partial charge in [-0.25, -0.2) is 4.79 Å². The van der Waals surface area contributed by atoms with Gasteiger partial charge in [0.25, 0.3) is 0 Å². The van der Waals surface area contributed by atoms with Crippen LogP contribution in [0.4, 0.5) is 4.79 Å². The van der Waals surface area contributed by atoms with Gasteiger partial charge in [-0.15, -0.1) is 0 Å². The Morgan fingerprint density at radius 1 is 1.08 bits per heavy atom. The summed E-state index contributed by atoms with van der Waals surface area (Å²) in [7, 11) is 0. The molecule has 0 fully saturated rings. The van der Waals surface area contributed by atoms with Crippen LogP contribution in [0.5, 0.6) is 0 Å². The molecule has 0 saturated heterocycles. The van der Waals surface area contributed by atoms with E-state index in [1.54, 1.807) is 0 Å². The number of nitrogens with two attached hydrogens (primary N) is 1. The third-order valence-corrected chi connectivity index (χ3v) is 4.38. The monoisotopic (exact) mass is 435 g/mol. The largest absolute Gasteiger partial charge is 0.451 e. The van der Waals surface area contributed by atoms with Crippen LogP contribution in [0.2, 0.25) is 0 Å². The Hall–Kier alpha value is -0.920. The van der Waals surface area contributed by atoms with Gasteiger partial charge in [0, 0.05) is 22.4 Å². The molecule has 6 nitrogen and oxygen atoms in total. The molecule has 152 valence electrons. The summed E-state index contributed by atoms with van der Waals surface area (Å²) in [6.07, 6.45) is 13.5. The first-order valence-corrected chi connectivity index (χ1v) is 10.4. The molecule has 0 aliphatic rings. The van der Waals surface area contributed by atoms with Crippen LogP contribution in [0.25, 0.3) is 0 Å². The third-order valence-electron chi connectivity index (χ3n) is 4.19. The van der Waals surface area contributed by atoms with Gasteiger partial charge in [-0.05, 0) is 38.5 Å². The number of aliphatic hydroxyl groups excluding tert-OH is 1. The van der Waals surface area contributed by atoms with Gasteiger partial charge in [0.15, 0.2) is 0 Å². The standard InChI is InChI=1S/C19H34BrNO5/c1-2-3-10-14-17(25-19(20)24)16(22)13-11-8-6-4-5-7-9-12-15-18(23)26-21/h8,11,16-17,22H,2-7,9-10,12-15,21H2,1H3/b11-8-. The molecule has 0 spiro atoms. The lowest BCUT2D eigenvalue weighted by atomic mass is 10.0. The number of allylic oxidation sites excluding steroid dienone is 1. The third kappa shape index (κ3) is 15.3. The Kier molecular flexibility index (Phi) is 16.9. The normalized spacial score (nSPS) is 13.5. The number of aliphatic hydroxyl groups is 1. The van der Waals surface area contributed by atoms with Crippen molar-refractivity contribution in [1.82, 2.24) is 0 Å². The molecule has 3 N–H and O–H groups in total. The second kappa shape index (κ2) is 17.5. The Morgan fingerprint density at radius 3 is 2.42 bits per heavy atom. The molecule has 0 rings (SSSR count). The predicted molar refractivity (Wildman–Crippen MR) is 106 cm³/mol. The number of hydrogen-bond acceptors (Lipinski definition) is 6. The van der Waals surface area contributed by atoms with Gasteiger partial charge >= 0.3 is 10.8 Å². The second-order valence-corrected chi connectivity index (χ2v) is 7.11. The van der Waals surface area contributed by atoms with Gasteiger partial charge in [-0.3, -0.25) is 4.79 Å². The van der Waals surface area contributed by atoms with E-state index >= 15 is 0 Å². The summed E-state index contributed by atoms with van der Waals surface area (Å²) >= 11 is 2.77. The zero-order valence-electron chi connectivity index (χ0n) is 15.8. The van der Waals surface area contributed by atoms with Crippen LogP contribution in [-0.2, 0) is 14.4 Å². The molecule has 0 aromatic heterocycles. The van der Waals surface area contributed by atoms with E-state index in [1.807, 2.05) is 6.08 Å². The molecule has 26 heavy (non-hydrogen) atoms. The molecule has 0 aliphatic heterocycles. The lowest BCUT2D eigenvalue weighted by Gasteiger charge is -2.21. The van der Waals surface area contributed by atoms with Crippen LogP contribution in [0.15, 0.2) is 12.2 Å². The molecule has 2 atom stereocenters. The lowest BCUT2D eigenvalue weighted by molar-refractivity contribution is -0.144. The van der Waals surface area contributed by atoms with Crippen molar-refractivity contribution in [2.24, 2.45) is 5.90 Å². The summed E-state index contributed by atoms with van der Waals surface area (Å²) in [5.41, 5.74) is 0. The number of carbonyl (C=O) groups excluding carboxylic acids is 2. The Morgan fingerprint density at radius 2 is 1.77 bits per heavy atom. The number of unbranched alkanes of at least 4 members (excludes halogenated alkanes) is 7. The maximum Gasteiger partial charge on any atom is 0.374 e. The number of carbonyl (C=O) groups is 2. The van der Waals surface area contributed by atoms with Crippen molar-refractivity contribution in [3.05, 3.63) is 12.2 Å². The van der Waals surface area contributed by atoms with Crippen molar-refractivity contribution < 1.29 is 24.3 Å². The fraction of sp³-hybridized carbons (Fsp3) is 0.789. The molecule has 0 aromatic rings. The van der Waals surface area contributed by atoms with Crippen LogP contribution >= 0.6 is 15.9 Å². The van der Waals surface area contributed by atoms with Gasteiger partial charge in [-0.2, -0.15) is 5.90 Å². The molecule has 0 amide bonds. The molecule has 0 saturated carbocycles. The number of rotatable bonds is 16. The first-order chi connectivity index (χ1) is 12.5. The van der Waals surface area contributed by atoms with Crippen molar-refractivity contribution in [2.45, 2.75) is 96.2 Å². The van der Waals surface area contributed by atoms with Crippen LogP contribution in [0.3, 0.4) is 0 Å². The lowest BCUT2D eigenvalue weighted by Crippen LogP contribution is -2.29. The van der Waals surface area contributed by atoms with Gasteiger partial charge in [0.2, 0.25) is 0 Å². The number of hydrogen-bond donors (Lipinski definition) is 2. The fourth-order valence-electron chi connectivity index (χ4n) is 2.67. The highest BCUT2D eigenvalue weighted by molar-refractivity contribution is 9.18. The van der Waals surface area contributed by atoms with Gasteiger partial charge < -0.3 is 14.7 Å². The molecule has 0 aliphatic carbocycles. The maximum absolute atomic E-state index is 11.1. The highest BCUT2D eigenvalue weighted by Gasteiger charge is 2.21. The van der Waals surface area contributed by atoms with E-state index in [9.17, 15) is 14.7 Å². The van der Waals surface area contributed by atoms with Crippen LogP contribution in [0, 0.1) is 0 Å². The first-order valence-electron chi connectivity index (χ1n) is 9.60. The molecule has 0 aromatic carbocycles. The van der Waals surface area contributed by atoms with E-state index in [4.69, 9.17) is 10.6 Å². The summed E-state index contributed by atoms with van der Waals surface area (Å²) in [5.74, 6) is 4.42. The molecular weight excluding hydrogens is 402 g/mol. The van der Waals surface area contributed by atoms with E-state index in [1.165, 1.54) is 0 Å². The SMILES string of the molecule is CCCCCC(OC(=O)Br)C(O)C/C=C\CCCCCCCC(=O)ON. The van der Waals surface area contributed by atoms with Crippen molar-refractivity contribution in [1.29, 1.82) is 0 Å². The number of halogens is 1. The van der Waals surface area contributed by atoms with Crippen molar-refractivity contribution in [3.63, 3.8) is 0 Å². The summed E-state index contributed by atoms with van der Waals surface area (Å²) in [6.45, 7) is 2.11. The minimum absolute atomic E-state index is 0.356. The van der Waals surface area contributed by atoms with E-state index in [0.717, 1.165) is 57.8 Å². The van der Waals surface area contributed by atoms with Gasteiger partial charge in [0.05, 0.1) is 6.10 Å². The minimum atomic E-state index is -0.674. The van der Waals surface area contributed by atoms with E-state index in [2.05, 4.69) is 33.8 Å². The second-order valence-electron chi connectivity index (χ2n) is 6.46. The molecule has 0 bridgehead atoms. The summed E-state index contributed by atoms with van der Waals surface area (Å²) in [5, 5.41) is 10.2. The van der Waals surface area contributed by atoms with Crippen LogP contribution in [0.1, 0.15) is 84.0 Å². The fourth-order valence-corrected chi connectivity index (χ4v) is 2.91. The Bertz CT molecular complexity index is 403. The molecular formula is C19H34BrNO5. The average Bonchev–Trinajstić information content (AvgIpc) is 2.61. The van der Waals surface area contributed by atoms with E-state index < -0.39 is 17.1 Å². The topological polar surface area (TPSA) is 98.8 Å². The Balaban J connectivity index is 3.81. The number of ether oxygens (including phenoxy) is 1. The zero-order valence-corrected chi connectivity index (χ0v) is 17.4. The molecule has 0 radical (unpaired) electrons.